The number of carbonyl (C=O) groups excluding carboxylic acids is 3. The molecule has 1 saturated heterocycles. The Bertz CT molecular complexity index is 1490. The van der Waals surface area contributed by atoms with E-state index in [-0.39, 0.29) is 16.9 Å². The Morgan fingerprint density at radius 1 is 1.10 bits per heavy atom. The van der Waals surface area contributed by atoms with Crippen LogP contribution in [0.1, 0.15) is 61.9 Å². The Morgan fingerprint density at radius 3 is 2.38 bits per heavy atom. The number of hydrogen-bond donors (Lipinski definition) is 6. The van der Waals surface area contributed by atoms with Crippen LogP contribution >= 0.6 is 0 Å². The van der Waals surface area contributed by atoms with E-state index in [0.29, 0.717) is 0 Å². The molecule has 0 radical (unpaired) electrons. The lowest BCUT2D eigenvalue weighted by atomic mass is 9.72. The number of aliphatic hydroxyl groups excluding tert-OH is 3. The molecule has 6 atom stereocenters. The summed E-state index contributed by atoms with van der Waals surface area (Å²) < 4.78 is 56.1. The molecule has 0 spiro atoms. The highest BCUT2D eigenvalue weighted by Gasteiger charge is 2.54. The van der Waals surface area contributed by atoms with E-state index in [1.54, 1.807) is 0 Å². The SMILES string of the molecule is COc1cccc2c1C(=O)c1c(O)c3c(c(O)c1C2=O)C[C@@](O)(C(=O)CO)C[C@@H]3O[C@H]1C[C@H](O)[C@H](O)[C@H](C(F)(F)F)O1. The highest BCUT2D eigenvalue weighted by atomic mass is 19.4. The van der Waals surface area contributed by atoms with Crippen molar-refractivity contribution in [3.8, 4) is 17.2 Å². The van der Waals surface area contributed by atoms with Gasteiger partial charge >= 0.3 is 6.18 Å². The number of Topliss-reactive ketones (excluding diaryl/α,β-unsaturated/α-hetero) is 1. The number of ketones is 3. The number of rotatable bonds is 5. The maximum Gasteiger partial charge on any atom is 0.417 e. The molecule has 6 N–H and O–H groups in total. The Balaban J connectivity index is 1.67. The third-order valence-electron chi connectivity index (χ3n) is 7.81. The monoisotopic (exact) mass is 598 g/mol. The topological polar surface area (TPSA) is 200 Å². The fourth-order valence-corrected chi connectivity index (χ4v) is 5.77. The molecular formula is C27H25F3O12. The molecule has 2 aliphatic carbocycles. The second-order valence-electron chi connectivity index (χ2n) is 10.3. The Kier molecular flexibility index (Phi) is 7.32. The van der Waals surface area contributed by atoms with Crippen LogP contribution in [0.15, 0.2) is 18.2 Å². The van der Waals surface area contributed by atoms with E-state index in [9.17, 15) is 58.2 Å². The van der Waals surface area contributed by atoms with Crippen LogP contribution in [0.4, 0.5) is 13.2 Å². The molecule has 0 aromatic heterocycles. The van der Waals surface area contributed by atoms with E-state index < -0.39 is 119 Å². The number of alkyl halides is 3. The van der Waals surface area contributed by atoms with Crippen molar-refractivity contribution in [3.63, 3.8) is 0 Å². The summed E-state index contributed by atoms with van der Waals surface area (Å²) in [6, 6.07) is 4.08. The number of benzene rings is 2. The van der Waals surface area contributed by atoms with Gasteiger partial charge in [0.1, 0.15) is 35.6 Å². The van der Waals surface area contributed by atoms with Crippen molar-refractivity contribution in [2.24, 2.45) is 0 Å². The van der Waals surface area contributed by atoms with Gasteiger partial charge < -0.3 is 44.8 Å². The van der Waals surface area contributed by atoms with Gasteiger partial charge in [-0.05, 0) is 6.07 Å². The van der Waals surface area contributed by atoms with Gasteiger partial charge in [0.25, 0.3) is 0 Å². The van der Waals surface area contributed by atoms with Crippen LogP contribution in [-0.2, 0) is 20.7 Å². The summed E-state index contributed by atoms with van der Waals surface area (Å²) in [5, 5.41) is 63.2. The predicted molar refractivity (Wildman–Crippen MR) is 130 cm³/mol. The summed E-state index contributed by atoms with van der Waals surface area (Å²) in [6.07, 6.45) is -18.4. The average Bonchev–Trinajstić information content (AvgIpc) is 2.93. The molecule has 0 unspecified atom stereocenters. The molecule has 1 aliphatic heterocycles. The molecule has 2 aromatic carbocycles. The number of halogens is 3. The van der Waals surface area contributed by atoms with Gasteiger partial charge in [0.05, 0.1) is 36.0 Å². The Hall–Kier alpha value is -3.60. The molecule has 42 heavy (non-hydrogen) atoms. The molecule has 12 nitrogen and oxygen atoms in total. The summed E-state index contributed by atoms with van der Waals surface area (Å²) in [5.41, 5.74) is -5.11. The maximum absolute atomic E-state index is 13.6. The van der Waals surface area contributed by atoms with E-state index in [1.807, 2.05) is 0 Å². The van der Waals surface area contributed by atoms with E-state index in [2.05, 4.69) is 0 Å². The van der Waals surface area contributed by atoms with Gasteiger partial charge in [0, 0.05) is 36.0 Å². The van der Waals surface area contributed by atoms with Crippen LogP contribution in [0.3, 0.4) is 0 Å². The molecule has 5 rings (SSSR count). The highest BCUT2D eigenvalue weighted by molar-refractivity contribution is 6.31. The van der Waals surface area contributed by atoms with Gasteiger partial charge in [-0.2, -0.15) is 13.2 Å². The van der Waals surface area contributed by atoms with Crippen LogP contribution in [0.25, 0.3) is 0 Å². The molecular weight excluding hydrogens is 573 g/mol. The number of phenolic OH excluding ortho intramolecular Hbond substituents is 2. The number of hydrogen-bond acceptors (Lipinski definition) is 12. The maximum atomic E-state index is 13.6. The Labute approximate surface area is 234 Å². The third kappa shape index (κ3) is 4.53. The average molecular weight is 598 g/mol. The number of fused-ring (bicyclic) bond motifs is 3. The second kappa shape index (κ2) is 10.3. The van der Waals surface area contributed by atoms with Crippen molar-refractivity contribution in [2.45, 2.75) is 61.7 Å². The Morgan fingerprint density at radius 2 is 1.76 bits per heavy atom. The van der Waals surface area contributed by atoms with Gasteiger partial charge in [0.15, 0.2) is 24.0 Å². The highest BCUT2D eigenvalue weighted by Crippen LogP contribution is 2.52. The van der Waals surface area contributed by atoms with Gasteiger partial charge in [-0.3, -0.25) is 14.4 Å². The lowest BCUT2D eigenvalue weighted by Gasteiger charge is -2.42. The fourth-order valence-electron chi connectivity index (χ4n) is 5.77. The van der Waals surface area contributed by atoms with E-state index in [0.717, 1.165) is 0 Å². The van der Waals surface area contributed by atoms with E-state index in [1.165, 1.54) is 25.3 Å². The molecule has 15 heteroatoms. The summed E-state index contributed by atoms with van der Waals surface area (Å²) in [5.74, 6) is -4.87. The van der Waals surface area contributed by atoms with Gasteiger partial charge in [-0.1, -0.05) is 12.1 Å². The minimum atomic E-state index is -5.14. The zero-order chi connectivity index (χ0) is 30.9. The van der Waals surface area contributed by atoms with Crippen molar-refractivity contribution in [1.82, 2.24) is 0 Å². The summed E-state index contributed by atoms with van der Waals surface area (Å²) in [7, 11) is 1.24. The molecule has 1 heterocycles. The van der Waals surface area contributed by atoms with Crippen LogP contribution < -0.4 is 4.74 Å². The zero-order valence-corrected chi connectivity index (χ0v) is 21.7. The number of phenols is 2. The number of aromatic hydroxyl groups is 2. The van der Waals surface area contributed by atoms with Gasteiger partial charge in [-0.25, -0.2) is 0 Å². The standard InChI is InChI=1S/C27H25F3O12/c1-40-12-4-2-3-9-16(12)23(37)19-18(20(9)34)21(35)10-6-26(39,14(33)8-31)7-13(17(10)24(19)38)41-15-5-11(32)22(36)25(42-15)27(28,29)30/h2-4,11,13,15,22,25,31-32,35-36,38-39H,5-8H2,1H3/t11-,13-,15+,22-,25+,26-/m0/s1. The van der Waals surface area contributed by atoms with Crippen LogP contribution in [0, 0.1) is 0 Å². The van der Waals surface area contributed by atoms with Crippen molar-refractivity contribution >= 4 is 17.3 Å². The molecule has 0 bridgehead atoms. The number of ether oxygens (including phenoxy) is 3. The zero-order valence-electron chi connectivity index (χ0n) is 21.7. The molecule has 3 aliphatic rings. The van der Waals surface area contributed by atoms with Crippen molar-refractivity contribution in [2.75, 3.05) is 13.7 Å². The van der Waals surface area contributed by atoms with Gasteiger partial charge in [0.2, 0.25) is 5.78 Å². The largest absolute Gasteiger partial charge is 0.507 e. The number of aliphatic hydroxyl groups is 4. The van der Waals surface area contributed by atoms with E-state index in [4.69, 9.17) is 14.2 Å². The first-order valence-electron chi connectivity index (χ1n) is 12.6. The lowest BCUT2D eigenvalue weighted by Crippen LogP contribution is -2.55. The summed E-state index contributed by atoms with van der Waals surface area (Å²) >= 11 is 0. The predicted octanol–water partition coefficient (Wildman–Crippen LogP) is 0.577. The minimum Gasteiger partial charge on any atom is -0.507 e. The smallest absolute Gasteiger partial charge is 0.417 e. The van der Waals surface area contributed by atoms with Crippen LogP contribution in [0.5, 0.6) is 17.2 Å². The fraction of sp³-hybridized carbons (Fsp3) is 0.444. The second-order valence-corrected chi connectivity index (χ2v) is 10.3. The van der Waals surface area contributed by atoms with Gasteiger partial charge in [-0.15, -0.1) is 0 Å². The molecule has 2 aromatic rings. The lowest BCUT2D eigenvalue weighted by molar-refractivity contribution is -0.336. The first-order chi connectivity index (χ1) is 19.6. The minimum absolute atomic E-state index is 0.0230. The van der Waals surface area contributed by atoms with Crippen LogP contribution in [0.2, 0.25) is 0 Å². The third-order valence-corrected chi connectivity index (χ3v) is 7.81. The molecule has 0 saturated carbocycles. The first kappa shape index (κ1) is 29.9. The normalized spacial score (nSPS) is 29.0. The molecule has 226 valence electrons. The van der Waals surface area contributed by atoms with E-state index >= 15 is 0 Å². The summed E-state index contributed by atoms with van der Waals surface area (Å²) in [6.45, 7) is -1.19. The number of methoxy groups -OCH3 is 1. The quantitative estimate of drug-likeness (QED) is 0.224. The molecule has 0 amide bonds. The van der Waals surface area contributed by atoms with Crippen LogP contribution in [-0.4, -0.2) is 98.1 Å². The number of carbonyl (C=O) groups is 3. The molecule has 1 fully saturated rings. The summed E-state index contributed by atoms with van der Waals surface area (Å²) in [4.78, 5) is 39.6. The van der Waals surface area contributed by atoms with Crippen molar-refractivity contribution in [1.29, 1.82) is 0 Å². The van der Waals surface area contributed by atoms with Crippen molar-refractivity contribution < 1.29 is 72.4 Å². The first-order valence-corrected chi connectivity index (χ1v) is 12.6. The van der Waals surface area contributed by atoms with Crippen molar-refractivity contribution in [3.05, 3.63) is 51.6 Å².